The maximum Gasteiger partial charge on any atom is 0.330 e. The summed E-state index contributed by atoms with van der Waals surface area (Å²) < 4.78 is 2.91. The molecular weight excluding hydrogens is 308 g/mol. The third kappa shape index (κ3) is 4.42. The Kier molecular flexibility index (Phi) is 7.13. The molecule has 0 bridgehead atoms. The van der Waals surface area contributed by atoms with E-state index in [1.165, 1.54) is 9.13 Å². The molecule has 0 aliphatic heterocycles. The maximum absolute atomic E-state index is 12.2. The van der Waals surface area contributed by atoms with E-state index in [0.29, 0.717) is 5.82 Å². The molecule has 0 fully saturated rings. The Hall–Kier alpha value is -1.12. The number of anilines is 1. The van der Waals surface area contributed by atoms with Gasteiger partial charge in [0.1, 0.15) is 10.3 Å². The van der Waals surface area contributed by atoms with Crippen LogP contribution in [0.3, 0.4) is 0 Å². The first-order valence-electron chi connectivity index (χ1n) is 6.82. The molecule has 0 atom stereocenters. The number of nitrogen functional groups attached to an aromatic ring is 1. The van der Waals surface area contributed by atoms with E-state index in [4.69, 9.17) is 23.1 Å². The second-order valence-electron chi connectivity index (χ2n) is 4.59. The van der Waals surface area contributed by atoms with Gasteiger partial charge in [-0.3, -0.25) is 9.13 Å². The monoisotopic (exact) mass is 330 g/mol. The van der Waals surface area contributed by atoms with Crippen LogP contribution in [0.4, 0.5) is 11.5 Å². The van der Waals surface area contributed by atoms with Crippen molar-refractivity contribution in [3.63, 3.8) is 0 Å². The number of nitrogens with two attached hydrogens (primary N) is 1. The highest BCUT2D eigenvalue weighted by atomic mass is 32.2. The summed E-state index contributed by atoms with van der Waals surface area (Å²) in [4.78, 5) is 16.6. The molecule has 0 amide bonds. The minimum absolute atomic E-state index is 0.137. The highest BCUT2D eigenvalue weighted by Gasteiger charge is 2.12. The smallest absolute Gasteiger partial charge is 0.330 e. The second kappa shape index (κ2) is 8.35. The molecule has 0 aromatic carbocycles. The Morgan fingerprint density at radius 2 is 2.19 bits per heavy atom. The number of thioether (sulfide) groups is 1. The number of nitrogens with zero attached hydrogens (tertiary/aromatic N) is 3. The van der Waals surface area contributed by atoms with Gasteiger partial charge >= 0.3 is 5.69 Å². The summed E-state index contributed by atoms with van der Waals surface area (Å²) in [6.45, 7) is 3.98. The topological polar surface area (TPSA) is 85.5 Å². The van der Waals surface area contributed by atoms with E-state index in [9.17, 15) is 4.79 Å². The minimum Gasteiger partial charge on any atom is -0.395 e. The Morgan fingerprint density at radius 1 is 1.52 bits per heavy atom. The average molecular weight is 330 g/mol. The van der Waals surface area contributed by atoms with Gasteiger partial charge in [-0.2, -0.15) is 0 Å². The lowest BCUT2D eigenvalue weighted by Gasteiger charge is -2.14. The molecule has 3 N–H and O–H groups in total. The van der Waals surface area contributed by atoms with Gasteiger partial charge in [0.25, 0.3) is 0 Å². The molecule has 1 rings (SSSR count). The van der Waals surface area contributed by atoms with Crippen LogP contribution < -0.4 is 11.4 Å². The van der Waals surface area contributed by atoms with Crippen molar-refractivity contribution < 1.29 is 5.11 Å². The molecule has 0 radical (unpaired) electrons. The van der Waals surface area contributed by atoms with Crippen molar-refractivity contribution in [2.24, 2.45) is 12.0 Å². The van der Waals surface area contributed by atoms with Gasteiger partial charge in [-0.05, 0) is 19.1 Å². The van der Waals surface area contributed by atoms with Crippen LogP contribution in [0.2, 0.25) is 0 Å². The van der Waals surface area contributed by atoms with E-state index in [1.54, 1.807) is 18.8 Å². The first kappa shape index (κ1) is 17.9. The number of aliphatic hydroxyl groups is 1. The third-order valence-corrected chi connectivity index (χ3v) is 4.44. The molecule has 1 aromatic rings. The minimum atomic E-state index is -0.326. The summed E-state index contributed by atoms with van der Waals surface area (Å²) in [6, 6.07) is 0. The lowest BCUT2D eigenvalue weighted by atomic mass is 10.4. The Balaban J connectivity index is 3.30. The van der Waals surface area contributed by atoms with E-state index in [0.717, 1.165) is 23.6 Å². The molecule has 8 heteroatoms. The first-order valence-corrected chi connectivity index (χ1v) is 8.21. The number of aliphatic imine (C=N–C) groups is 1. The summed E-state index contributed by atoms with van der Waals surface area (Å²) >= 11 is 6.78. The van der Waals surface area contributed by atoms with Crippen molar-refractivity contribution in [3.8, 4) is 0 Å². The van der Waals surface area contributed by atoms with Crippen molar-refractivity contribution >= 4 is 40.5 Å². The highest BCUT2D eigenvalue weighted by Crippen LogP contribution is 2.23. The quantitative estimate of drug-likeness (QED) is 0.361. The van der Waals surface area contributed by atoms with Crippen molar-refractivity contribution in [1.29, 1.82) is 0 Å². The third-order valence-electron chi connectivity index (χ3n) is 2.95. The van der Waals surface area contributed by atoms with Crippen LogP contribution in [0, 0.1) is 4.64 Å². The van der Waals surface area contributed by atoms with Gasteiger partial charge in [-0.25, -0.2) is 9.79 Å². The summed E-state index contributed by atoms with van der Waals surface area (Å²) in [5.41, 5.74) is 5.97. The lowest BCUT2D eigenvalue weighted by molar-refractivity contribution is 0.273. The van der Waals surface area contributed by atoms with Crippen molar-refractivity contribution in [3.05, 3.63) is 15.1 Å². The molecule has 0 aliphatic carbocycles. The zero-order chi connectivity index (χ0) is 16.0. The summed E-state index contributed by atoms with van der Waals surface area (Å²) in [5.74, 6) is 1.30. The van der Waals surface area contributed by atoms with Crippen molar-refractivity contribution in [2.45, 2.75) is 33.2 Å². The van der Waals surface area contributed by atoms with Crippen molar-refractivity contribution in [1.82, 2.24) is 9.13 Å². The number of aliphatic hydroxyl groups excluding tert-OH is 1. The van der Waals surface area contributed by atoms with Crippen LogP contribution >= 0.6 is 24.0 Å². The Morgan fingerprint density at radius 3 is 2.76 bits per heavy atom. The van der Waals surface area contributed by atoms with Gasteiger partial charge in [0.2, 0.25) is 0 Å². The molecule has 0 spiro atoms. The highest BCUT2D eigenvalue weighted by molar-refractivity contribution is 8.13. The van der Waals surface area contributed by atoms with Gasteiger partial charge in [0, 0.05) is 7.05 Å². The fourth-order valence-corrected chi connectivity index (χ4v) is 2.80. The molecule has 0 saturated carbocycles. The maximum atomic E-state index is 12.2. The van der Waals surface area contributed by atoms with E-state index in [1.807, 2.05) is 6.92 Å². The molecule has 6 nitrogen and oxygen atoms in total. The van der Waals surface area contributed by atoms with Crippen LogP contribution in [-0.2, 0) is 13.6 Å². The molecule has 21 heavy (non-hydrogen) atoms. The molecule has 1 heterocycles. The molecule has 0 unspecified atom stereocenters. The fraction of sp³-hybridized carbons (Fsp3) is 0.615. The molecule has 1 aromatic heterocycles. The van der Waals surface area contributed by atoms with Gasteiger partial charge in [-0.1, -0.05) is 25.6 Å². The largest absolute Gasteiger partial charge is 0.395 e. The number of unbranched alkanes of at least 4 members (excludes halogenated alkanes) is 1. The second-order valence-corrected chi connectivity index (χ2v) is 6.27. The van der Waals surface area contributed by atoms with E-state index in [-0.39, 0.29) is 29.2 Å². The number of aromatic nitrogens is 2. The summed E-state index contributed by atoms with van der Waals surface area (Å²) in [5, 5.41) is 9.96. The SMILES string of the molecule is CCCCSC(C)=Nc1c(N)c(=S)n(C)c(=O)n1CCO. The van der Waals surface area contributed by atoms with Crippen LogP contribution in [-0.4, -0.2) is 31.6 Å². The molecular formula is C13H22N4O2S2. The van der Waals surface area contributed by atoms with E-state index in [2.05, 4.69) is 11.9 Å². The number of hydrogen-bond acceptors (Lipinski definition) is 6. The number of rotatable bonds is 6. The van der Waals surface area contributed by atoms with Crippen LogP contribution in [0.5, 0.6) is 0 Å². The average Bonchev–Trinajstić information content (AvgIpc) is 2.46. The zero-order valence-corrected chi connectivity index (χ0v) is 14.3. The number of hydrogen-bond donors (Lipinski definition) is 2. The van der Waals surface area contributed by atoms with Gasteiger partial charge in [0.05, 0.1) is 18.2 Å². The van der Waals surface area contributed by atoms with Crippen LogP contribution in [0.1, 0.15) is 26.7 Å². The van der Waals surface area contributed by atoms with E-state index >= 15 is 0 Å². The summed E-state index contributed by atoms with van der Waals surface area (Å²) in [6.07, 6.45) is 2.22. The first-order chi connectivity index (χ1) is 9.93. The molecule has 118 valence electrons. The standard InChI is InChI=1S/C13H22N4O2S2/c1-4-5-8-21-9(2)15-11-10(14)12(20)16(3)13(19)17(11)6-7-18/h18H,4-8,14H2,1-3H3. The van der Waals surface area contributed by atoms with Crippen molar-refractivity contribution in [2.75, 3.05) is 18.1 Å². The normalized spacial score (nSPS) is 11.9. The fourth-order valence-electron chi connectivity index (χ4n) is 1.75. The lowest BCUT2D eigenvalue weighted by Crippen LogP contribution is -2.31. The molecule has 0 saturated heterocycles. The Bertz CT molecular complexity index is 634. The predicted octanol–water partition coefficient (Wildman–Crippen LogP) is 2.07. The summed E-state index contributed by atoms with van der Waals surface area (Å²) in [7, 11) is 1.56. The van der Waals surface area contributed by atoms with Gasteiger partial charge in [-0.15, -0.1) is 11.8 Å². The van der Waals surface area contributed by atoms with Crippen LogP contribution in [0.25, 0.3) is 0 Å². The van der Waals surface area contributed by atoms with Crippen LogP contribution in [0.15, 0.2) is 9.79 Å². The Labute approximate surface area is 133 Å². The van der Waals surface area contributed by atoms with Gasteiger partial charge in [0.15, 0.2) is 5.82 Å². The zero-order valence-electron chi connectivity index (χ0n) is 12.6. The predicted molar refractivity (Wildman–Crippen MR) is 92.1 cm³/mol. The van der Waals surface area contributed by atoms with Gasteiger partial charge < -0.3 is 10.8 Å². The van der Waals surface area contributed by atoms with E-state index < -0.39 is 0 Å². The molecule has 0 aliphatic rings.